The Labute approximate surface area is 192 Å². The van der Waals surface area contributed by atoms with Crippen LogP contribution < -0.4 is 10.1 Å². The standard InChI is InChI=1S/C25H24ClN3O3/c1-17(29(2)25(31)18-9-11-20(26)12-10-18)23(19-6-4-8-22(14-19)32-3)15-24(30)28-21-7-5-13-27-16-21/h4-14,16H,15H2,1-3H3,(H,28,30)/b23-17-. The molecule has 164 valence electrons. The third-order valence-corrected chi connectivity index (χ3v) is 5.29. The molecule has 0 unspecified atom stereocenters. The van der Waals surface area contributed by atoms with Crippen molar-refractivity contribution in [3.05, 3.63) is 94.9 Å². The van der Waals surface area contributed by atoms with Crippen LogP contribution in [0.1, 0.15) is 29.3 Å². The lowest BCUT2D eigenvalue weighted by molar-refractivity contribution is -0.115. The molecule has 6 nitrogen and oxygen atoms in total. The van der Waals surface area contributed by atoms with Crippen LogP contribution in [0.4, 0.5) is 5.69 Å². The molecular weight excluding hydrogens is 426 g/mol. The number of methoxy groups -OCH3 is 1. The number of nitrogens with zero attached hydrogens (tertiary/aromatic N) is 2. The van der Waals surface area contributed by atoms with Crippen LogP contribution in [0.15, 0.2) is 78.8 Å². The molecule has 0 aliphatic heterocycles. The van der Waals surface area contributed by atoms with Gasteiger partial charge in [0.05, 0.1) is 25.4 Å². The van der Waals surface area contributed by atoms with Crippen molar-refractivity contribution >= 4 is 34.7 Å². The van der Waals surface area contributed by atoms with Gasteiger partial charge in [-0.15, -0.1) is 0 Å². The summed E-state index contributed by atoms with van der Waals surface area (Å²) in [5, 5.41) is 3.40. The van der Waals surface area contributed by atoms with E-state index in [4.69, 9.17) is 16.3 Å². The molecule has 0 radical (unpaired) electrons. The molecule has 0 bridgehead atoms. The van der Waals surface area contributed by atoms with Crippen molar-refractivity contribution < 1.29 is 14.3 Å². The van der Waals surface area contributed by atoms with Crippen molar-refractivity contribution in [3.63, 3.8) is 0 Å². The predicted octanol–water partition coefficient (Wildman–Crippen LogP) is 5.28. The van der Waals surface area contributed by atoms with Crippen molar-refractivity contribution in [2.24, 2.45) is 0 Å². The summed E-state index contributed by atoms with van der Waals surface area (Å²) in [7, 11) is 3.27. The fourth-order valence-corrected chi connectivity index (χ4v) is 3.32. The highest BCUT2D eigenvalue weighted by Crippen LogP contribution is 2.28. The minimum Gasteiger partial charge on any atom is -0.497 e. The molecule has 0 aliphatic rings. The molecule has 2 amide bonds. The van der Waals surface area contributed by atoms with Crippen molar-refractivity contribution in [3.8, 4) is 5.75 Å². The number of hydrogen-bond acceptors (Lipinski definition) is 4. The Hall–Kier alpha value is -3.64. The van der Waals surface area contributed by atoms with Crippen LogP contribution in [0.3, 0.4) is 0 Å². The van der Waals surface area contributed by atoms with Gasteiger partial charge in [-0.3, -0.25) is 14.6 Å². The van der Waals surface area contributed by atoms with Crippen LogP contribution in [-0.2, 0) is 4.79 Å². The van der Waals surface area contributed by atoms with E-state index < -0.39 is 0 Å². The Morgan fingerprint density at radius 3 is 2.47 bits per heavy atom. The normalized spacial score (nSPS) is 11.4. The zero-order valence-corrected chi connectivity index (χ0v) is 18.9. The lowest BCUT2D eigenvalue weighted by atomic mass is 9.99. The monoisotopic (exact) mass is 449 g/mol. The number of carbonyl (C=O) groups excluding carboxylic acids is 2. The molecule has 0 aliphatic carbocycles. The second-order valence-corrected chi connectivity index (χ2v) is 7.57. The van der Waals surface area contributed by atoms with Gasteiger partial charge in [0, 0.05) is 29.5 Å². The number of rotatable bonds is 7. The van der Waals surface area contributed by atoms with E-state index in [1.54, 1.807) is 62.9 Å². The van der Waals surface area contributed by atoms with Crippen molar-refractivity contribution in [2.45, 2.75) is 13.3 Å². The predicted molar refractivity (Wildman–Crippen MR) is 127 cm³/mol. The number of carbonyl (C=O) groups is 2. The van der Waals surface area contributed by atoms with E-state index >= 15 is 0 Å². The number of halogens is 1. The van der Waals surface area contributed by atoms with Crippen LogP contribution in [-0.4, -0.2) is 35.9 Å². The summed E-state index contributed by atoms with van der Waals surface area (Å²) in [6, 6.07) is 17.6. The van der Waals surface area contributed by atoms with Gasteiger partial charge < -0.3 is 15.0 Å². The zero-order chi connectivity index (χ0) is 23.1. The fourth-order valence-electron chi connectivity index (χ4n) is 3.19. The number of ether oxygens (including phenoxy) is 1. The quantitative estimate of drug-likeness (QED) is 0.533. The maximum Gasteiger partial charge on any atom is 0.257 e. The Balaban J connectivity index is 1.95. The van der Waals surface area contributed by atoms with Crippen molar-refractivity contribution in [1.29, 1.82) is 0 Å². The number of anilines is 1. The molecule has 3 rings (SSSR count). The number of aromatic nitrogens is 1. The molecular formula is C25H24ClN3O3. The molecule has 3 aromatic rings. The summed E-state index contributed by atoms with van der Waals surface area (Å²) >= 11 is 5.95. The van der Waals surface area contributed by atoms with E-state index in [-0.39, 0.29) is 18.2 Å². The van der Waals surface area contributed by atoms with Gasteiger partial charge in [-0.25, -0.2) is 0 Å². The third kappa shape index (κ3) is 5.74. The topological polar surface area (TPSA) is 71.5 Å². The summed E-state index contributed by atoms with van der Waals surface area (Å²) < 4.78 is 5.35. The van der Waals surface area contributed by atoms with Gasteiger partial charge in [0.1, 0.15) is 5.75 Å². The van der Waals surface area contributed by atoms with E-state index in [2.05, 4.69) is 10.3 Å². The number of amides is 2. The second-order valence-electron chi connectivity index (χ2n) is 7.13. The lowest BCUT2D eigenvalue weighted by Gasteiger charge is -2.23. The highest BCUT2D eigenvalue weighted by Gasteiger charge is 2.19. The summed E-state index contributed by atoms with van der Waals surface area (Å²) in [5.74, 6) is 0.238. The van der Waals surface area contributed by atoms with E-state index in [1.807, 2.05) is 31.2 Å². The van der Waals surface area contributed by atoms with Crippen molar-refractivity contribution in [1.82, 2.24) is 9.88 Å². The highest BCUT2D eigenvalue weighted by atomic mass is 35.5. The van der Waals surface area contributed by atoms with Crippen LogP contribution in [0.2, 0.25) is 5.02 Å². The molecule has 7 heteroatoms. The van der Waals surface area contributed by atoms with Gasteiger partial charge in [0.2, 0.25) is 5.91 Å². The van der Waals surface area contributed by atoms with E-state index in [0.717, 1.165) is 5.56 Å². The number of nitrogens with one attached hydrogen (secondary N) is 1. The molecule has 32 heavy (non-hydrogen) atoms. The van der Waals surface area contributed by atoms with Gasteiger partial charge in [-0.2, -0.15) is 0 Å². The van der Waals surface area contributed by atoms with Crippen LogP contribution in [0, 0.1) is 0 Å². The number of hydrogen-bond donors (Lipinski definition) is 1. The van der Waals surface area contributed by atoms with Gasteiger partial charge in [0.15, 0.2) is 0 Å². The first-order valence-corrected chi connectivity index (χ1v) is 10.3. The van der Waals surface area contributed by atoms with E-state index in [0.29, 0.717) is 33.3 Å². The average molecular weight is 450 g/mol. The summed E-state index contributed by atoms with van der Waals surface area (Å²) in [6.45, 7) is 1.82. The van der Waals surface area contributed by atoms with Gasteiger partial charge in [0.25, 0.3) is 5.91 Å². The Bertz CT molecular complexity index is 1130. The number of benzene rings is 2. The smallest absolute Gasteiger partial charge is 0.257 e. The fraction of sp³-hybridized carbons (Fsp3) is 0.160. The average Bonchev–Trinajstić information content (AvgIpc) is 2.82. The molecule has 2 aromatic carbocycles. The molecule has 1 aromatic heterocycles. The highest BCUT2D eigenvalue weighted by molar-refractivity contribution is 6.30. The first-order valence-electron chi connectivity index (χ1n) is 9.96. The van der Waals surface area contributed by atoms with Crippen LogP contribution in [0.25, 0.3) is 5.57 Å². The summed E-state index contributed by atoms with van der Waals surface area (Å²) in [6.07, 6.45) is 3.28. The molecule has 0 spiro atoms. The Morgan fingerprint density at radius 1 is 1.06 bits per heavy atom. The maximum atomic E-state index is 13.0. The van der Waals surface area contributed by atoms with E-state index in [9.17, 15) is 9.59 Å². The molecule has 1 heterocycles. The molecule has 0 fully saturated rings. The third-order valence-electron chi connectivity index (χ3n) is 5.04. The molecule has 0 atom stereocenters. The minimum atomic E-state index is -0.220. The largest absolute Gasteiger partial charge is 0.497 e. The number of pyridine rings is 1. The maximum absolute atomic E-state index is 13.0. The summed E-state index contributed by atoms with van der Waals surface area (Å²) in [4.78, 5) is 31.4. The second kappa shape index (κ2) is 10.6. The Morgan fingerprint density at radius 2 is 1.81 bits per heavy atom. The van der Waals surface area contributed by atoms with Crippen molar-refractivity contribution in [2.75, 3.05) is 19.5 Å². The first kappa shape index (κ1) is 23.0. The molecule has 0 saturated heterocycles. The first-order chi connectivity index (χ1) is 15.4. The minimum absolute atomic E-state index is 0.0616. The van der Waals surface area contributed by atoms with Gasteiger partial charge >= 0.3 is 0 Å². The number of allylic oxidation sites excluding steroid dienone is 1. The van der Waals surface area contributed by atoms with Crippen LogP contribution >= 0.6 is 11.6 Å². The zero-order valence-electron chi connectivity index (χ0n) is 18.1. The Kier molecular flexibility index (Phi) is 7.63. The molecule has 0 saturated carbocycles. The lowest BCUT2D eigenvalue weighted by Crippen LogP contribution is -2.26. The van der Waals surface area contributed by atoms with Gasteiger partial charge in [-0.05, 0) is 66.6 Å². The van der Waals surface area contributed by atoms with Gasteiger partial charge in [-0.1, -0.05) is 23.7 Å². The van der Waals surface area contributed by atoms with E-state index in [1.165, 1.54) is 4.90 Å². The van der Waals surface area contributed by atoms with Crippen LogP contribution in [0.5, 0.6) is 5.75 Å². The SMILES string of the molecule is COc1cccc(/C(CC(=O)Nc2cccnc2)=C(/C)N(C)C(=O)c2ccc(Cl)cc2)c1. The summed E-state index contributed by atoms with van der Waals surface area (Å²) in [5.41, 5.74) is 3.25. The molecule has 1 N–H and O–H groups in total.